The number of carbonyl (C=O) groups excluding carboxylic acids is 1. The van der Waals surface area contributed by atoms with E-state index in [1.807, 2.05) is 24.3 Å². The molecule has 0 radical (unpaired) electrons. The van der Waals surface area contributed by atoms with E-state index in [1.165, 1.54) is 41.5 Å². The smallest absolute Gasteiger partial charge is 0.155 e. The number of carbonyl (C=O) groups is 1. The minimum Gasteiger partial charge on any atom is -0.488 e. The zero-order valence-electron chi connectivity index (χ0n) is 25.0. The number of hydrogen-bond acceptors (Lipinski definition) is 3. The Morgan fingerprint density at radius 1 is 1.03 bits per heavy atom. The highest BCUT2D eigenvalue weighted by molar-refractivity contribution is 5.89. The van der Waals surface area contributed by atoms with Gasteiger partial charge in [0.2, 0.25) is 0 Å². The van der Waals surface area contributed by atoms with Gasteiger partial charge in [0.25, 0.3) is 0 Å². The van der Waals surface area contributed by atoms with Crippen LogP contribution in [0.25, 0.3) is 0 Å². The second-order valence-corrected chi connectivity index (χ2v) is 12.2. The number of fused-ring (bicyclic) bond motifs is 1. The van der Waals surface area contributed by atoms with Crippen LogP contribution in [0.15, 0.2) is 42.5 Å². The second-order valence-electron chi connectivity index (χ2n) is 12.2. The average Bonchev–Trinajstić information content (AvgIpc) is 2.87. The van der Waals surface area contributed by atoms with Crippen LogP contribution < -0.4 is 9.47 Å². The van der Waals surface area contributed by atoms with Crippen LogP contribution in [-0.2, 0) is 17.8 Å². The van der Waals surface area contributed by atoms with Crippen LogP contribution in [0.3, 0.4) is 0 Å². The first-order chi connectivity index (χ1) is 18.1. The van der Waals surface area contributed by atoms with Gasteiger partial charge in [-0.25, -0.2) is 0 Å². The molecule has 0 saturated carbocycles. The normalized spacial score (nSPS) is 17.9. The van der Waals surface area contributed by atoms with E-state index in [0.717, 1.165) is 55.1 Å². The molecule has 3 heteroatoms. The Labute approximate surface area is 232 Å². The van der Waals surface area contributed by atoms with Crippen molar-refractivity contribution < 1.29 is 14.3 Å². The predicted molar refractivity (Wildman–Crippen MR) is 159 cm³/mol. The lowest BCUT2D eigenvalue weighted by molar-refractivity contribution is -0.114. The summed E-state index contributed by atoms with van der Waals surface area (Å²) in [5.41, 5.74) is 5.72. The maximum atomic E-state index is 12.5. The minimum absolute atomic E-state index is 0.238. The molecule has 0 unspecified atom stereocenters. The lowest BCUT2D eigenvalue weighted by Crippen LogP contribution is -2.37. The molecule has 1 heterocycles. The number of allylic oxidation sites excluding steroid dienone is 2. The summed E-state index contributed by atoms with van der Waals surface area (Å²) >= 11 is 0. The molecule has 3 rings (SSSR count). The zero-order valence-corrected chi connectivity index (χ0v) is 25.0. The van der Waals surface area contributed by atoms with Crippen LogP contribution >= 0.6 is 0 Å². The monoisotopic (exact) mass is 518 g/mol. The van der Waals surface area contributed by atoms with Gasteiger partial charge in [0.15, 0.2) is 5.78 Å². The van der Waals surface area contributed by atoms with Crippen LogP contribution in [-0.4, -0.2) is 11.4 Å². The summed E-state index contributed by atoms with van der Waals surface area (Å²) in [7, 11) is 0. The van der Waals surface area contributed by atoms with Gasteiger partial charge in [-0.2, -0.15) is 0 Å². The molecular formula is C35H50O3. The third-order valence-electron chi connectivity index (χ3n) is 8.24. The van der Waals surface area contributed by atoms with Crippen molar-refractivity contribution in [3.8, 4) is 11.5 Å². The lowest BCUT2D eigenvalue weighted by Gasteiger charge is -2.38. The molecule has 38 heavy (non-hydrogen) atoms. The van der Waals surface area contributed by atoms with Crippen LogP contribution in [0.2, 0.25) is 0 Å². The SMILES string of the molecule is Cc1c(C)c2c(c(C)c1OCc1ccccc1)CC[C@@](C)(CCCC(=O)/C=C/C[C@H](C)CCCC(C)C)O2. The topological polar surface area (TPSA) is 35.5 Å². The van der Waals surface area contributed by atoms with Gasteiger partial charge in [0.1, 0.15) is 23.7 Å². The average molecular weight is 519 g/mol. The van der Waals surface area contributed by atoms with Crippen molar-refractivity contribution in [1.29, 1.82) is 0 Å². The summed E-state index contributed by atoms with van der Waals surface area (Å²) in [6.07, 6.45) is 13.0. The number of ketones is 1. The minimum atomic E-state index is -0.238. The molecule has 0 spiro atoms. The second kappa shape index (κ2) is 14.0. The summed E-state index contributed by atoms with van der Waals surface area (Å²) < 4.78 is 13.0. The first kappa shape index (κ1) is 30.0. The van der Waals surface area contributed by atoms with Crippen molar-refractivity contribution in [2.45, 2.75) is 118 Å². The fourth-order valence-corrected chi connectivity index (χ4v) is 5.55. The van der Waals surface area contributed by atoms with E-state index in [4.69, 9.17) is 9.47 Å². The largest absolute Gasteiger partial charge is 0.488 e. The zero-order chi connectivity index (χ0) is 27.7. The van der Waals surface area contributed by atoms with Gasteiger partial charge in [-0.3, -0.25) is 4.79 Å². The molecule has 0 aromatic heterocycles. The van der Waals surface area contributed by atoms with Crippen molar-refractivity contribution in [3.63, 3.8) is 0 Å². The highest BCUT2D eigenvalue weighted by atomic mass is 16.5. The van der Waals surface area contributed by atoms with E-state index in [2.05, 4.69) is 66.7 Å². The summed E-state index contributed by atoms with van der Waals surface area (Å²) in [6.45, 7) is 16.1. The van der Waals surface area contributed by atoms with Crippen LogP contribution in [0.4, 0.5) is 0 Å². The molecule has 0 fully saturated rings. The third-order valence-corrected chi connectivity index (χ3v) is 8.24. The molecule has 3 nitrogen and oxygen atoms in total. The highest BCUT2D eigenvalue weighted by Crippen LogP contribution is 2.45. The summed E-state index contributed by atoms with van der Waals surface area (Å²) in [5, 5.41) is 0. The molecule has 0 bridgehead atoms. The Morgan fingerprint density at radius 3 is 2.47 bits per heavy atom. The molecular weight excluding hydrogens is 468 g/mol. The van der Waals surface area contributed by atoms with Crippen LogP contribution in [0.5, 0.6) is 11.5 Å². The summed E-state index contributed by atoms with van der Waals surface area (Å²) in [4.78, 5) is 12.5. The first-order valence-corrected chi connectivity index (χ1v) is 14.8. The van der Waals surface area contributed by atoms with Crippen molar-refractivity contribution in [1.82, 2.24) is 0 Å². The predicted octanol–water partition coefficient (Wildman–Crippen LogP) is 9.42. The van der Waals surface area contributed by atoms with E-state index in [0.29, 0.717) is 18.9 Å². The van der Waals surface area contributed by atoms with E-state index in [-0.39, 0.29) is 11.4 Å². The highest BCUT2D eigenvalue weighted by Gasteiger charge is 2.34. The maximum absolute atomic E-state index is 12.5. The third kappa shape index (κ3) is 8.48. The van der Waals surface area contributed by atoms with Gasteiger partial charge in [-0.15, -0.1) is 0 Å². The quantitative estimate of drug-likeness (QED) is 0.234. The van der Waals surface area contributed by atoms with Crippen molar-refractivity contribution in [2.75, 3.05) is 0 Å². The van der Waals surface area contributed by atoms with E-state index in [1.54, 1.807) is 0 Å². The molecule has 208 valence electrons. The fraction of sp³-hybridized carbons (Fsp3) is 0.571. The molecule has 2 aromatic rings. The fourth-order valence-electron chi connectivity index (χ4n) is 5.55. The van der Waals surface area contributed by atoms with Gasteiger partial charge >= 0.3 is 0 Å². The molecule has 1 aliphatic rings. The molecule has 0 aliphatic carbocycles. The van der Waals surface area contributed by atoms with Crippen LogP contribution in [0.1, 0.15) is 107 Å². The van der Waals surface area contributed by atoms with Gasteiger partial charge in [-0.05, 0) is 100.0 Å². The lowest BCUT2D eigenvalue weighted by atomic mass is 9.84. The number of benzene rings is 2. The molecule has 1 aliphatic heterocycles. The molecule has 0 amide bonds. The van der Waals surface area contributed by atoms with Crippen molar-refractivity contribution in [3.05, 3.63) is 70.3 Å². The van der Waals surface area contributed by atoms with Gasteiger partial charge in [0.05, 0.1) is 0 Å². The summed E-state index contributed by atoms with van der Waals surface area (Å²) in [5.74, 6) is 3.67. The number of hydrogen-bond donors (Lipinski definition) is 0. The maximum Gasteiger partial charge on any atom is 0.155 e. The van der Waals surface area contributed by atoms with Crippen molar-refractivity contribution >= 4 is 5.78 Å². The molecule has 0 saturated heterocycles. The van der Waals surface area contributed by atoms with Gasteiger partial charge in [0, 0.05) is 12.0 Å². The van der Waals surface area contributed by atoms with Gasteiger partial charge < -0.3 is 9.47 Å². The Morgan fingerprint density at radius 2 is 1.76 bits per heavy atom. The van der Waals surface area contributed by atoms with E-state index < -0.39 is 0 Å². The summed E-state index contributed by atoms with van der Waals surface area (Å²) in [6, 6.07) is 10.3. The Bertz CT molecular complexity index is 1080. The van der Waals surface area contributed by atoms with Crippen LogP contribution in [0, 0.1) is 32.6 Å². The number of ether oxygens (including phenoxy) is 2. The molecule has 2 aromatic carbocycles. The van der Waals surface area contributed by atoms with E-state index in [9.17, 15) is 4.79 Å². The Kier molecular flexibility index (Phi) is 11.1. The standard InChI is InChI=1S/C35H50O3/c1-25(2)14-11-15-26(3)16-12-19-31(36)20-13-22-35(7)23-21-32-29(6)33(27(4)28(5)34(32)38-35)37-24-30-17-9-8-10-18-30/h8-10,12,17-19,25-26H,11,13-16,20-24H2,1-7H3/b19-12+/t26-,35-/m1/s1. The first-order valence-electron chi connectivity index (χ1n) is 14.8. The van der Waals surface area contributed by atoms with Gasteiger partial charge in [-0.1, -0.05) is 76.4 Å². The Hall–Kier alpha value is -2.55. The number of rotatable bonds is 14. The van der Waals surface area contributed by atoms with Crippen molar-refractivity contribution in [2.24, 2.45) is 11.8 Å². The van der Waals surface area contributed by atoms with E-state index >= 15 is 0 Å². The molecule has 0 N–H and O–H groups in total. The Balaban J connectivity index is 1.52. The molecule has 2 atom stereocenters.